The molecule has 0 spiro atoms. The highest BCUT2D eigenvalue weighted by Gasteiger charge is 2.12. The van der Waals surface area contributed by atoms with E-state index >= 15 is 0 Å². The monoisotopic (exact) mass is 280 g/mol. The normalized spacial score (nSPS) is 15.1. The molecule has 1 unspecified atom stereocenters. The van der Waals surface area contributed by atoms with Crippen LogP contribution in [0.4, 0.5) is 0 Å². The molecule has 0 saturated carbocycles. The van der Waals surface area contributed by atoms with Gasteiger partial charge in [-0.3, -0.25) is 0 Å². The van der Waals surface area contributed by atoms with Crippen molar-refractivity contribution in [3.05, 3.63) is 10.6 Å². The maximum atomic E-state index is 9.51. The summed E-state index contributed by atoms with van der Waals surface area (Å²) in [6.45, 7) is 2.44. The summed E-state index contributed by atoms with van der Waals surface area (Å²) in [7, 11) is 0. The molecule has 0 aromatic carbocycles. The minimum atomic E-state index is -2.68. The third-order valence-electron chi connectivity index (χ3n) is 0.934. The summed E-state index contributed by atoms with van der Waals surface area (Å²) >= 11 is 16.8. The first-order valence-electron chi connectivity index (χ1n) is 3.61. The van der Waals surface area contributed by atoms with Gasteiger partial charge in [0.1, 0.15) is 4.49 Å². The number of halogens is 2. The van der Waals surface area contributed by atoms with Gasteiger partial charge in [-0.1, -0.05) is 41.5 Å². The van der Waals surface area contributed by atoms with Crippen molar-refractivity contribution in [2.45, 2.75) is 13.3 Å². The molecule has 0 rings (SSSR count). The summed E-state index contributed by atoms with van der Waals surface area (Å²) in [6.07, 6.45) is 2.41. The second-order valence-electron chi connectivity index (χ2n) is 2.09. The van der Waals surface area contributed by atoms with Crippen LogP contribution in [0.5, 0.6) is 0 Å². The molecule has 0 saturated heterocycles. The van der Waals surface area contributed by atoms with Gasteiger partial charge in [-0.15, -0.1) is 0 Å². The van der Waals surface area contributed by atoms with Crippen LogP contribution in [0.1, 0.15) is 13.3 Å². The Morgan fingerprint density at radius 3 is 2.77 bits per heavy atom. The topological polar surface area (TPSA) is 29.5 Å². The van der Waals surface area contributed by atoms with Gasteiger partial charge in [0.2, 0.25) is 5.69 Å². The number of rotatable bonds is 6. The predicted octanol–water partition coefficient (Wildman–Crippen LogP) is 3.68. The van der Waals surface area contributed by atoms with E-state index < -0.39 is 5.69 Å². The first kappa shape index (κ1) is 14.2. The molecular formula is C6H11Cl2O2PS2. The Hall–Kier alpha value is 1.24. The highest BCUT2D eigenvalue weighted by atomic mass is 35.5. The second-order valence-corrected chi connectivity index (χ2v) is 9.32. The van der Waals surface area contributed by atoms with E-state index in [2.05, 4.69) is 0 Å². The molecule has 7 heteroatoms. The average molecular weight is 281 g/mol. The van der Waals surface area contributed by atoms with Crippen LogP contribution < -0.4 is 0 Å². The van der Waals surface area contributed by atoms with Crippen molar-refractivity contribution in [3.63, 3.8) is 0 Å². The van der Waals surface area contributed by atoms with E-state index in [4.69, 9.17) is 39.5 Å². The maximum Gasteiger partial charge on any atom is 0.245 e. The highest BCUT2D eigenvalue weighted by molar-refractivity contribution is 8.67. The largest absolute Gasteiger partial charge is 0.337 e. The molecule has 0 aliphatic heterocycles. The van der Waals surface area contributed by atoms with Crippen molar-refractivity contribution in [2.75, 3.05) is 12.4 Å². The van der Waals surface area contributed by atoms with Crippen molar-refractivity contribution >= 4 is 52.1 Å². The molecule has 0 aromatic rings. The van der Waals surface area contributed by atoms with Crippen LogP contribution in [0.15, 0.2) is 10.6 Å². The zero-order valence-corrected chi connectivity index (χ0v) is 11.1. The average Bonchev–Trinajstić information content (AvgIpc) is 2.00. The molecule has 13 heavy (non-hydrogen) atoms. The summed E-state index contributed by atoms with van der Waals surface area (Å²) in [5.41, 5.74) is -2.68. The molecule has 0 aliphatic rings. The van der Waals surface area contributed by atoms with Gasteiger partial charge >= 0.3 is 0 Å². The number of hydrogen-bond acceptors (Lipinski definition) is 3. The fraction of sp³-hybridized carbons (Fsp3) is 0.667. The summed E-state index contributed by atoms with van der Waals surface area (Å²) < 4.78 is 5.27. The summed E-state index contributed by atoms with van der Waals surface area (Å²) in [5, 5.41) is 0. The van der Waals surface area contributed by atoms with Crippen molar-refractivity contribution in [1.82, 2.24) is 0 Å². The van der Waals surface area contributed by atoms with Crippen molar-refractivity contribution in [1.29, 1.82) is 0 Å². The SMILES string of the molecule is CCCOP(O)(=S)SCC=C(Cl)Cl. The molecule has 0 aliphatic carbocycles. The van der Waals surface area contributed by atoms with Crippen LogP contribution in [0.3, 0.4) is 0 Å². The fourth-order valence-corrected chi connectivity index (χ4v) is 3.70. The lowest BCUT2D eigenvalue weighted by Gasteiger charge is -2.12. The standard InChI is InChI=1S/C6H11Cl2O2PS2/c1-2-4-10-11(9,12)13-5-3-6(7)8/h3H,2,4-5H2,1H3,(H,9,12). The molecule has 0 bridgehead atoms. The lowest BCUT2D eigenvalue weighted by Crippen LogP contribution is -1.88. The van der Waals surface area contributed by atoms with E-state index in [9.17, 15) is 4.89 Å². The van der Waals surface area contributed by atoms with Crippen LogP contribution in [0.25, 0.3) is 0 Å². The fourth-order valence-electron chi connectivity index (χ4n) is 0.438. The van der Waals surface area contributed by atoms with Gasteiger partial charge in [-0.25, -0.2) is 0 Å². The Morgan fingerprint density at radius 1 is 1.69 bits per heavy atom. The molecule has 0 heterocycles. The van der Waals surface area contributed by atoms with Crippen molar-refractivity contribution < 1.29 is 9.42 Å². The molecule has 1 atom stereocenters. The van der Waals surface area contributed by atoms with E-state index in [1.807, 2.05) is 6.92 Å². The lowest BCUT2D eigenvalue weighted by molar-refractivity contribution is 0.320. The van der Waals surface area contributed by atoms with Gasteiger partial charge in [0, 0.05) is 5.75 Å². The van der Waals surface area contributed by atoms with Crippen LogP contribution in [-0.4, -0.2) is 17.3 Å². The lowest BCUT2D eigenvalue weighted by atomic mass is 10.5. The summed E-state index contributed by atoms with van der Waals surface area (Å²) in [4.78, 5) is 9.51. The minimum absolute atomic E-state index is 0.179. The second kappa shape index (κ2) is 7.52. The number of hydrogen-bond donors (Lipinski definition) is 1. The van der Waals surface area contributed by atoms with Crippen LogP contribution in [-0.2, 0) is 16.3 Å². The third kappa shape index (κ3) is 9.54. The third-order valence-corrected chi connectivity index (χ3v) is 5.40. The van der Waals surface area contributed by atoms with E-state index in [-0.39, 0.29) is 4.49 Å². The zero-order chi connectivity index (χ0) is 10.3. The van der Waals surface area contributed by atoms with Gasteiger partial charge in [-0.05, 0) is 24.3 Å². The first-order valence-corrected chi connectivity index (χ1v) is 8.63. The van der Waals surface area contributed by atoms with Gasteiger partial charge in [-0.2, -0.15) is 0 Å². The van der Waals surface area contributed by atoms with Gasteiger partial charge in [0.15, 0.2) is 0 Å². The quantitative estimate of drug-likeness (QED) is 0.752. The molecule has 78 valence electrons. The van der Waals surface area contributed by atoms with E-state index in [0.717, 1.165) is 17.8 Å². The molecule has 0 radical (unpaired) electrons. The Balaban J connectivity index is 3.76. The van der Waals surface area contributed by atoms with E-state index in [1.165, 1.54) is 0 Å². The predicted molar refractivity (Wildman–Crippen MR) is 65.0 cm³/mol. The first-order chi connectivity index (χ1) is 5.98. The molecule has 1 N–H and O–H groups in total. The van der Waals surface area contributed by atoms with Gasteiger partial charge < -0.3 is 9.42 Å². The molecular weight excluding hydrogens is 270 g/mol. The van der Waals surface area contributed by atoms with E-state index in [1.54, 1.807) is 6.08 Å². The van der Waals surface area contributed by atoms with Gasteiger partial charge in [0.05, 0.1) is 6.61 Å². The van der Waals surface area contributed by atoms with Crippen LogP contribution >= 0.6 is 40.3 Å². The zero-order valence-electron chi connectivity index (χ0n) is 7.07. The minimum Gasteiger partial charge on any atom is -0.337 e. The smallest absolute Gasteiger partial charge is 0.245 e. The summed E-state index contributed by atoms with van der Waals surface area (Å²) in [5.74, 6) is 0.472. The molecule has 0 fully saturated rings. The van der Waals surface area contributed by atoms with Crippen LogP contribution in [0, 0.1) is 0 Å². The van der Waals surface area contributed by atoms with E-state index in [0.29, 0.717) is 12.4 Å². The maximum absolute atomic E-state index is 9.51. The molecule has 0 amide bonds. The Labute approximate surface area is 97.6 Å². The Bertz CT molecular complexity index is 219. The summed E-state index contributed by atoms with van der Waals surface area (Å²) in [6, 6.07) is 0. The molecule has 2 nitrogen and oxygen atoms in total. The van der Waals surface area contributed by atoms with Crippen molar-refractivity contribution in [3.8, 4) is 0 Å². The highest BCUT2D eigenvalue weighted by Crippen LogP contribution is 2.56. The van der Waals surface area contributed by atoms with Gasteiger partial charge in [0.25, 0.3) is 0 Å². The van der Waals surface area contributed by atoms with Crippen molar-refractivity contribution in [2.24, 2.45) is 0 Å². The molecule has 0 aromatic heterocycles. The van der Waals surface area contributed by atoms with Crippen LogP contribution in [0.2, 0.25) is 0 Å². The Kier molecular flexibility index (Phi) is 8.24. The Morgan fingerprint density at radius 2 is 2.31 bits per heavy atom.